The Balaban J connectivity index is 2.63. The lowest BCUT2D eigenvalue weighted by Crippen LogP contribution is -2.16. The van der Waals surface area contributed by atoms with Gasteiger partial charge in [0.15, 0.2) is 11.6 Å². The summed E-state index contributed by atoms with van der Waals surface area (Å²) in [6, 6.07) is 5.37. The minimum atomic E-state index is -0.304. The van der Waals surface area contributed by atoms with E-state index < -0.39 is 0 Å². The van der Waals surface area contributed by atoms with Crippen LogP contribution in [0.1, 0.15) is 50.6 Å². The summed E-state index contributed by atoms with van der Waals surface area (Å²) in [6.45, 7) is 2.21. The summed E-state index contributed by atoms with van der Waals surface area (Å²) < 4.78 is 18.4. The van der Waals surface area contributed by atoms with Crippen LogP contribution < -0.4 is 10.1 Å². The minimum Gasteiger partial charge on any atom is -0.494 e. The monoisotopic (exact) mass is 253 g/mol. The summed E-state index contributed by atoms with van der Waals surface area (Å²) in [5.74, 6) is 0.0170. The first-order valence-electron chi connectivity index (χ1n) is 6.73. The molecule has 0 aliphatic carbocycles. The summed E-state index contributed by atoms with van der Waals surface area (Å²) in [7, 11) is 3.44. The molecule has 0 fully saturated rings. The molecule has 0 aliphatic heterocycles. The van der Waals surface area contributed by atoms with Crippen molar-refractivity contribution in [3.63, 3.8) is 0 Å². The number of ether oxygens (including phenoxy) is 1. The van der Waals surface area contributed by atoms with Crippen molar-refractivity contribution in [2.24, 2.45) is 0 Å². The molecule has 0 spiro atoms. The number of benzene rings is 1. The van der Waals surface area contributed by atoms with Gasteiger partial charge in [-0.05, 0) is 31.2 Å². The van der Waals surface area contributed by atoms with Gasteiger partial charge in [0.05, 0.1) is 7.11 Å². The Morgan fingerprint density at radius 2 is 2.06 bits per heavy atom. The van der Waals surface area contributed by atoms with Gasteiger partial charge in [0.25, 0.3) is 0 Å². The molecule has 0 bridgehead atoms. The van der Waals surface area contributed by atoms with Gasteiger partial charge in [-0.1, -0.05) is 38.7 Å². The van der Waals surface area contributed by atoms with Gasteiger partial charge in [0.2, 0.25) is 0 Å². The molecule has 1 atom stereocenters. The molecule has 1 aromatic rings. The van der Waals surface area contributed by atoms with E-state index >= 15 is 0 Å². The second-order valence-corrected chi connectivity index (χ2v) is 4.58. The van der Waals surface area contributed by atoms with Gasteiger partial charge in [-0.15, -0.1) is 0 Å². The maximum absolute atomic E-state index is 13.3. The lowest BCUT2D eigenvalue weighted by molar-refractivity contribution is 0.384. The van der Waals surface area contributed by atoms with Crippen LogP contribution in [0.5, 0.6) is 5.75 Å². The van der Waals surface area contributed by atoms with E-state index in [0.29, 0.717) is 5.75 Å². The highest BCUT2D eigenvalue weighted by atomic mass is 19.1. The summed E-state index contributed by atoms with van der Waals surface area (Å²) in [6.07, 6.45) is 6.05. The predicted octanol–water partition coefficient (Wildman–Crippen LogP) is 4.07. The van der Waals surface area contributed by atoms with Crippen LogP contribution in [0.3, 0.4) is 0 Å². The van der Waals surface area contributed by atoms with Crippen molar-refractivity contribution in [1.29, 1.82) is 0 Å². The summed E-state index contributed by atoms with van der Waals surface area (Å²) >= 11 is 0. The molecule has 0 aromatic heterocycles. The molecule has 18 heavy (non-hydrogen) atoms. The van der Waals surface area contributed by atoms with Crippen molar-refractivity contribution in [1.82, 2.24) is 5.32 Å². The van der Waals surface area contributed by atoms with Gasteiger partial charge >= 0.3 is 0 Å². The van der Waals surface area contributed by atoms with E-state index in [1.807, 2.05) is 13.1 Å². The molecule has 1 unspecified atom stereocenters. The average molecular weight is 253 g/mol. The van der Waals surface area contributed by atoms with Gasteiger partial charge in [-0.2, -0.15) is 0 Å². The third-order valence-corrected chi connectivity index (χ3v) is 3.27. The van der Waals surface area contributed by atoms with Gasteiger partial charge in [-0.3, -0.25) is 0 Å². The van der Waals surface area contributed by atoms with Crippen LogP contribution >= 0.6 is 0 Å². The van der Waals surface area contributed by atoms with Crippen molar-refractivity contribution >= 4 is 0 Å². The maximum atomic E-state index is 13.3. The van der Waals surface area contributed by atoms with E-state index in [-0.39, 0.29) is 11.9 Å². The molecule has 1 rings (SSSR count). The summed E-state index contributed by atoms with van der Waals surface area (Å²) in [5, 5.41) is 3.29. The summed E-state index contributed by atoms with van der Waals surface area (Å²) in [5.41, 5.74) is 1.09. The molecule has 1 aromatic carbocycles. The SMILES string of the molecule is CCCCCCC(NC)c1ccc(F)c(OC)c1. The molecule has 0 radical (unpaired) electrons. The number of methoxy groups -OCH3 is 1. The first-order chi connectivity index (χ1) is 8.72. The van der Waals surface area contributed by atoms with Crippen LogP contribution in [0, 0.1) is 5.82 Å². The number of nitrogens with one attached hydrogen (secondary N) is 1. The Morgan fingerprint density at radius 1 is 1.28 bits per heavy atom. The Hall–Kier alpha value is -1.09. The Morgan fingerprint density at radius 3 is 2.67 bits per heavy atom. The molecule has 1 N–H and O–H groups in total. The van der Waals surface area contributed by atoms with Gasteiger partial charge in [-0.25, -0.2) is 4.39 Å². The molecular formula is C15H24FNO. The van der Waals surface area contributed by atoms with E-state index in [0.717, 1.165) is 12.0 Å². The van der Waals surface area contributed by atoms with E-state index in [1.54, 1.807) is 6.07 Å². The van der Waals surface area contributed by atoms with Gasteiger partial charge < -0.3 is 10.1 Å². The average Bonchev–Trinajstić information content (AvgIpc) is 2.40. The van der Waals surface area contributed by atoms with Gasteiger partial charge in [0.1, 0.15) is 0 Å². The zero-order valence-electron chi connectivity index (χ0n) is 11.6. The largest absolute Gasteiger partial charge is 0.494 e. The molecule has 0 saturated heterocycles. The first-order valence-corrected chi connectivity index (χ1v) is 6.73. The second-order valence-electron chi connectivity index (χ2n) is 4.58. The van der Waals surface area contributed by atoms with Crippen LogP contribution in [-0.4, -0.2) is 14.2 Å². The fourth-order valence-electron chi connectivity index (χ4n) is 2.15. The summed E-state index contributed by atoms with van der Waals surface area (Å²) in [4.78, 5) is 0. The Labute approximate surface area is 110 Å². The smallest absolute Gasteiger partial charge is 0.165 e. The number of halogens is 1. The van der Waals surface area contributed by atoms with Crippen molar-refractivity contribution in [2.45, 2.75) is 45.1 Å². The lowest BCUT2D eigenvalue weighted by atomic mass is 10.00. The maximum Gasteiger partial charge on any atom is 0.165 e. The second kappa shape index (κ2) is 8.09. The van der Waals surface area contributed by atoms with E-state index in [4.69, 9.17) is 4.74 Å². The third-order valence-electron chi connectivity index (χ3n) is 3.27. The van der Waals surface area contributed by atoms with Crippen molar-refractivity contribution in [3.05, 3.63) is 29.6 Å². The predicted molar refractivity (Wildman–Crippen MR) is 73.5 cm³/mol. The molecular weight excluding hydrogens is 229 g/mol. The Bertz CT molecular complexity index is 354. The molecule has 0 heterocycles. The quantitative estimate of drug-likeness (QED) is 0.705. The fourth-order valence-corrected chi connectivity index (χ4v) is 2.15. The van der Waals surface area contributed by atoms with Crippen LogP contribution in [0.2, 0.25) is 0 Å². The zero-order valence-corrected chi connectivity index (χ0v) is 11.6. The number of rotatable bonds is 8. The molecule has 0 saturated carbocycles. The third kappa shape index (κ3) is 4.30. The highest BCUT2D eigenvalue weighted by Crippen LogP contribution is 2.25. The fraction of sp³-hybridized carbons (Fsp3) is 0.600. The highest BCUT2D eigenvalue weighted by Gasteiger charge is 2.11. The van der Waals surface area contributed by atoms with E-state index in [2.05, 4.69) is 12.2 Å². The molecule has 0 aliphatic rings. The van der Waals surface area contributed by atoms with Crippen molar-refractivity contribution in [3.8, 4) is 5.75 Å². The standard InChI is InChI=1S/C15H24FNO/c1-4-5-6-7-8-14(17-2)12-9-10-13(16)15(11-12)18-3/h9-11,14,17H,4-8H2,1-3H3. The van der Waals surface area contributed by atoms with Crippen LogP contribution in [-0.2, 0) is 0 Å². The number of unbranched alkanes of at least 4 members (excludes halogenated alkanes) is 3. The topological polar surface area (TPSA) is 21.3 Å². The van der Waals surface area contributed by atoms with Gasteiger partial charge in [0, 0.05) is 6.04 Å². The highest BCUT2D eigenvalue weighted by molar-refractivity contribution is 5.32. The van der Waals surface area contributed by atoms with Crippen LogP contribution in [0.25, 0.3) is 0 Å². The van der Waals surface area contributed by atoms with Crippen LogP contribution in [0.15, 0.2) is 18.2 Å². The first kappa shape index (κ1) is 15.0. The molecule has 2 nitrogen and oxygen atoms in total. The minimum absolute atomic E-state index is 0.274. The van der Waals surface area contributed by atoms with Crippen LogP contribution in [0.4, 0.5) is 4.39 Å². The Kier molecular flexibility index (Phi) is 6.73. The van der Waals surface area contributed by atoms with E-state index in [9.17, 15) is 4.39 Å². The normalized spacial score (nSPS) is 12.4. The van der Waals surface area contributed by atoms with Crippen molar-refractivity contribution < 1.29 is 9.13 Å². The number of hydrogen-bond donors (Lipinski definition) is 1. The lowest BCUT2D eigenvalue weighted by Gasteiger charge is -2.17. The number of hydrogen-bond acceptors (Lipinski definition) is 2. The molecule has 0 amide bonds. The zero-order chi connectivity index (χ0) is 13.4. The van der Waals surface area contributed by atoms with E-state index in [1.165, 1.54) is 38.9 Å². The van der Waals surface area contributed by atoms with Crippen molar-refractivity contribution in [2.75, 3.05) is 14.2 Å². The molecule has 3 heteroatoms. The molecule has 102 valence electrons.